The fraction of sp³-hybridized carbons (Fsp3) is 0.0545. The number of allylic oxidation sites excluding steroid dienone is 2. The van der Waals surface area contributed by atoms with Crippen molar-refractivity contribution in [3.63, 3.8) is 0 Å². The minimum Gasteiger partial charge on any atom is -0.355 e. The van der Waals surface area contributed by atoms with Gasteiger partial charge in [-0.25, -0.2) is 0 Å². The van der Waals surface area contributed by atoms with Crippen LogP contribution >= 0.6 is 0 Å². The summed E-state index contributed by atoms with van der Waals surface area (Å²) in [5.74, 6) is 0.275. The molecular weight excluding hydrogens is 689 g/mol. The Morgan fingerprint density at radius 2 is 1.05 bits per heavy atom. The lowest BCUT2D eigenvalue weighted by Gasteiger charge is -2.34. The lowest BCUT2D eigenvalue weighted by Crippen LogP contribution is -2.28. The Morgan fingerprint density at radius 3 is 1.81 bits per heavy atom. The average Bonchev–Trinajstić information content (AvgIpc) is 3.92. The van der Waals surface area contributed by atoms with Gasteiger partial charge in [-0.05, 0) is 110 Å². The van der Waals surface area contributed by atoms with Crippen LogP contribution in [0.3, 0.4) is 0 Å². The number of hydrogen-bond acceptors (Lipinski definition) is 1. The summed E-state index contributed by atoms with van der Waals surface area (Å²) in [6.45, 7) is 0. The molecule has 12 rings (SSSR count). The van der Waals surface area contributed by atoms with E-state index in [-0.39, 0.29) is 12.0 Å². The van der Waals surface area contributed by atoms with Crippen LogP contribution < -0.4 is 4.90 Å². The third-order valence-electron chi connectivity index (χ3n) is 12.8. The number of nitrogens with zero attached hydrogens (tertiary/aromatic N) is 1. The van der Waals surface area contributed by atoms with Crippen LogP contribution in [0.1, 0.15) is 39.3 Å². The fourth-order valence-electron chi connectivity index (χ4n) is 10.3. The summed E-state index contributed by atoms with van der Waals surface area (Å²) < 4.78 is 0. The van der Waals surface area contributed by atoms with Gasteiger partial charge in [-0.15, -0.1) is 0 Å². The number of hydrogen-bond donors (Lipinski definition) is 1. The van der Waals surface area contributed by atoms with E-state index in [1.165, 1.54) is 83.4 Å². The molecule has 3 aliphatic rings. The summed E-state index contributed by atoms with van der Waals surface area (Å²) in [4.78, 5) is 6.22. The van der Waals surface area contributed by atoms with Crippen LogP contribution in [0, 0.1) is 0 Å². The van der Waals surface area contributed by atoms with Gasteiger partial charge in [0.25, 0.3) is 0 Å². The number of nitrogens with one attached hydrogen (secondary N) is 1. The maximum Gasteiger partial charge on any atom is 0.0713 e. The Bertz CT molecular complexity index is 3040. The minimum atomic E-state index is -0.428. The van der Waals surface area contributed by atoms with Crippen LogP contribution in [0.4, 0.5) is 11.4 Å². The molecular formula is C55H38N2. The maximum absolute atomic E-state index is 3.73. The van der Waals surface area contributed by atoms with Crippen LogP contribution in [-0.4, -0.2) is 11.0 Å². The van der Waals surface area contributed by atoms with Gasteiger partial charge in [-0.3, -0.25) is 0 Å². The number of H-pyrrole nitrogens is 1. The van der Waals surface area contributed by atoms with Crippen molar-refractivity contribution in [2.24, 2.45) is 0 Å². The van der Waals surface area contributed by atoms with E-state index in [1.54, 1.807) is 0 Å². The molecule has 0 saturated heterocycles. The Hall–Kier alpha value is -7.16. The van der Waals surface area contributed by atoms with Crippen LogP contribution in [0.25, 0.3) is 49.6 Å². The van der Waals surface area contributed by atoms with E-state index >= 15 is 0 Å². The molecule has 0 spiro atoms. The van der Waals surface area contributed by atoms with Gasteiger partial charge in [-0.1, -0.05) is 164 Å². The third kappa shape index (κ3) is 4.71. The molecule has 268 valence electrons. The first-order valence-electron chi connectivity index (χ1n) is 20.0. The molecule has 2 heterocycles. The highest BCUT2D eigenvalue weighted by Crippen LogP contribution is 2.57. The first-order valence-corrected chi connectivity index (χ1v) is 20.0. The number of fused-ring (bicyclic) bond motifs is 9. The SMILES string of the molecule is C1=CC2C(C=C1c1ccc3[nH]c4ccc(-c5ccc6c(c5)C(c5ccccc5)(c5ccccc5)c5ccccc5-6)cc4c3c1)c1ccccc1N2c1ccccc1. The van der Waals surface area contributed by atoms with E-state index in [2.05, 4.69) is 222 Å². The molecule has 9 aromatic rings. The van der Waals surface area contributed by atoms with Gasteiger partial charge < -0.3 is 9.88 Å². The molecule has 2 atom stereocenters. The molecule has 0 fully saturated rings. The molecule has 2 unspecified atom stereocenters. The predicted molar refractivity (Wildman–Crippen MR) is 237 cm³/mol. The quantitative estimate of drug-likeness (QED) is 0.187. The molecule has 0 saturated carbocycles. The normalized spacial score (nSPS) is 17.3. The zero-order valence-electron chi connectivity index (χ0n) is 31.3. The van der Waals surface area contributed by atoms with E-state index < -0.39 is 5.41 Å². The van der Waals surface area contributed by atoms with E-state index in [0.717, 1.165) is 11.0 Å². The van der Waals surface area contributed by atoms with Crippen LogP contribution in [0.5, 0.6) is 0 Å². The molecule has 0 amide bonds. The van der Waals surface area contributed by atoms with Crippen molar-refractivity contribution >= 4 is 38.8 Å². The van der Waals surface area contributed by atoms with E-state index in [1.807, 2.05) is 0 Å². The fourth-order valence-corrected chi connectivity index (χ4v) is 10.3. The second-order valence-electron chi connectivity index (χ2n) is 15.7. The van der Waals surface area contributed by atoms with Crippen molar-refractivity contribution in [1.82, 2.24) is 4.98 Å². The summed E-state index contributed by atoms with van der Waals surface area (Å²) in [5.41, 5.74) is 18.6. The Morgan fingerprint density at radius 1 is 0.474 bits per heavy atom. The topological polar surface area (TPSA) is 19.0 Å². The molecule has 2 nitrogen and oxygen atoms in total. The van der Waals surface area contributed by atoms with E-state index in [4.69, 9.17) is 0 Å². The summed E-state index contributed by atoms with van der Waals surface area (Å²) in [6.07, 6.45) is 7.22. The first-order chi connectivity index (χ1) is 28.3. The Kier molecular flexibility index (Phi) is 7.00. The van der Waals surface area contributed by atoms with E-state index in [9.17, 15) is 0 Å². The number of benzene rings is 8. The molecule has 0 bridgehead atoms. The van der Waals surface area contributed by atoms with Crippen molar-refractivity contribution in [2.75, 3.05) is 4.90 Å². The number of aromatic nitrogens is 1. The predicted octanol–water partition coefficient (Wildman–Crippen LogP) is 13.6. The van der Waals surface area contributed by atoms with Crippen molar-refractivity contribution in [2.45, 2.75) is 17.4 Å². The van der Waals surface area contributed by atoms with Crippen LogP contribution in [0.2, 0.25) is 0 Å². The number of aromatic amines is 1. The Labute approximate surface area is 332 Å². The van der Waals surface area contributed by atoms with Gasteiger partial charge in [0, 0.05) is 39.1 Å². The average molecular weight is 727 g/mol. The van der Waals surface area contributed by atoms with Crippen molar-refractivity contribution in [3.8, 4) is 22.3 Å². The zero-order chi connectivity index (χ0) is 37.5. The highest BCUT2D eigenvalue weighted by Gasteiger charge is 2.46. The van der Waals surface area contributed by atoms with Crippen molar-refractivity contribution < 1.29 is 0 Å². The number of rotatable bonds is 5. The van der Waals surface area contributed by atoms with Gasteiger partial charge in [-0.2, -0.15) is 0 Å². The lowest BCUT2D eigenvalue weighted by molar-refractivity contribution is 0.747. The molecule has 8 aromatic carbocycles. The standard InChI is InChI=1S/C55H38N2/c1-4-14-40(15-5-1)55(41-16-6-2-7-17-41)49-22-12-10-20-43(49)44-28-24-39(35-50(44)55)37-26-30-52-47(33-37)46-32-36(25-29-51(46)56-52)38-27-31-54-48(34-38)45-21-11-13-23-53(45)57(54)42-18-8-3-9-19-42/h1-35,48,54,56H. The smallest absolute Gasteiger partial charge is 0.0713 e. The third-order valence-corrected chi connectivity index (χ3v) is 12.8. The van der Waals surface area contributed by atoms with Crippen LogP contribution in [-0.2, 0) is 5.41 Å². The van der Waals surface area contributed by atoms with Crippen LogP contribution in [0.15, 0.2) is 212 Å². The highest BCUT2D eigenvalue weighted by atomic mass is 15.2. The Balaban J connectivity index is 0.970. The molecule has 0 radical (unpaired) electrons. The molecule has 57 heavy (non-hydrogen) atoms. The second-order valence-corrected chi connectivity index (χ2v) is 15.7. The second kappa shape index (κ2) is 12.4. The first kappa shape index (κ1) is 32.1. The minimum absolute atomic E-state index is 0.246. The van der Waals surface area contributed by atoms with Crippen molar-refractivity contribution in [1.29, 1.82) is 0 Å². The van der Waals surface area contributed by atoms with Gasteiger partial charge >= 0.3 is 0 Å². The molecule has 2 aliphatic carbocycles. The van der Waals surface area contributed by atoms with E-state index in [0.29, 0.717) is 0 Å². The molecule has 2 heteroatoms. The molecule has 1 aliphatic heterocycles. The summed E-state index contributed by atoms with van der Waals surface area (Å²) in [7, 11) is 0. The van der Waals surface area contributed by atoms with Crippen molar-refractivity contribution in [3.05, 3.63) is 246 Å². The van der Waals surface area contributed by atoms with Gasteiger partial charge in [0.2, 0.25) is 0 Å². The maximum atomic E-state index is 3.73. The molecule has 1 aromatic heterocycles. The van der Waals surface area contributed by atoms with Gasteiger partial charge in [0.15, 0.2) is 0 Å². The summed E-state index contributed by atoms with van der Waals surface area (Å²) in [6, 6.07) is 72.0. The van der Waals surface area contributed by atoms with Gasteiger partial charge in [0.1, 0.15) is 0 Å². The summed E-state index contributed by atoms with van der Waals surface area (Å²) in [5, 5.41) is 2.49. The molecule has 1 N–H and O–H groups in total. The van der Waals surface area contributed by atoms with Gasteiger partial charge in [0.05, 0.1) is 11.5 Å². The number of para-hydroxylation sites is 2. The summed E-state index contributed by atoms with van der Waals surface area (Å²) >= 11 is 0. The largest absolute Gasteiger partial charge is 0.355 e. The lowest BCUT2D eigenvalue weighted by atomic mass is 9.67. The monoisotopic (exact) mass is 726 g/mol. The zero-order valence-corrected chi connectivity index (χ0v) is 31.3. The number of anilines is 2. The highest BCUT2D eigenvalue weighted by molar-refractivity contribution is 6.09.